The number of rotatable bonds is 4. The summed E-state index contributed by atoms with van der Waals surface area (Å²) in [4.78, 5) is 0. The van der Waals surface area contributed by atoms with Crippen molar-refractivity contribution < 1.29 is 0 Å². The Balaban J connectivity index is 0.000000267. The van der Waals surface area contributed by atoms with Crippen molar-refractivity contribution in [2.45, 2.75) is 38.1 Å². The third kappa shape index (κ3) is 5.89. The standard InChI is InChI=1S/C10H16N2.C4H8/c1-12-8-10(11)7-9-5-3-2-4-6-9;1-2-4-3-1/h2-6,10,12H,7-8,11H2,1H3;1-4H2. The first-order chi connectivity index (χ1) is 7.83. The summed E-state index contributed by atoms with van der Waals surface area (Å²) >= 11 is 0. The Morgan fingerprint density at radius 2 is 1.69 bits per heavy atom. The summed E-state index contributed by atoms with van der Waals surface area (Å²) in [5, 5.41) is 3.06. The second-order valence-electron chi connectivity index (χ2n) is 4.42. The summed E-state index contributed by atoms with van der Waals surface area (Å²) in [6, 6.07) is 10.5. The van der Waals surface area contributed by atoms with Crippen molar-refractivity contribution in [3.8, 4) is 0 Å². The first kappa shape index (κ1) is 13.2. The largest absolute Gasteiger partial charge is 0.326 e. The van der Waals surface area contributed by atoms with Crippen LogP contribution in [-0.4, -0.2) is 19.6 Å². The number of hydrogen-bond acceptors (Lipinski definition) is 2. The lowest BCUT2D eigenvalue weighted by Crippen LogP contribution is -2.33. The van der Waals surface area contributed by atoms with E-state index in [9.17, 15) is 0 Å². The van der Waals surface area contributed by atoms with Gasteiger partial charge < -0.3 is 11.1 Å². The number of hydrogen-bond donors (Lipinski definition) is 2. The van der Waals surface area contributed by atoms with E-state index in [2.05, 4.69) is 17.4 Å². The number of likely N-dealkylation sites (N-methyl/N-ethyl adjacent to an activating group) is 1. The zero-order valence-electron chi connectivity index (χ0n) is 10.3. The Morgan fingerprint density at radius 1 is 1.12 bits per heavy atom. The lowest BCUT2D eigenvalue weighted by molar-refractivity contribution is 0.504. The summed E-state index contributed by atoms with van der Waals surface area (Å²) in [7, 11) is 1.92. The maximum Gasteiger partial charge on any atom is 0.0206 e. The molecular weight excluding hydrogens is 196 g/mol. The zero-order valence-corrected chi connectivity index (χ0v) is 10.3. The molecule has 1 aromatic rings. The second kappa shape index (κ2) is 8.31. The molecule has 0 bridgehead atoms. The van der Waals surface area contributed by atoms with E-state index >= 15 is 0 Å². The SMILES string of the molecule is C1CCC1.CNCC(N)Cc1ccccc1. The van der Waals surface area contributed by atoms with Crippen LogP contribution in [0.5, 0.6) is 0 Å². The first-order valence-electron chi connectivity index (χ1n) is 6.27. The van der Waals surface area contributed by atoms with E-state index in [0.717, 1.165) is 13.0 Å². The highest BCUT2D eigenvalue weighted by Gasteiger charge is 2.00. The molecule has 2 nitrogen and oxygen atoms in total. The molecule has 0 amide bonds. The minimum Gasteiger partial charge on any atom is -0.326 e. The van der Waals surface area contributed by atoms with Crippen molar-refractivity contribution in [1.82, 2.24) is 5.32 Å². The van der Waals surface area contributed by atoms with E-state index in [1.54, 1.807) is 0 Å². The van der Waals surface area contributed by atoms with Gasteiger partial charge in [-0.1, -0.05) is 56.0 Å². The Bertz CT molecular complexity index is 251. The molecule has 0 spiro atoms. The summed E-state index contributed by atoms with van der Waals surface area (Å²) < 4.78 is 0. The Labute approximate surface area is 99.2 Å². The van der Waals surface area contributed by atoms with Crippen molar-refractivity contribution in [2.75, 3.05) is 13.6 Å². The predicted molar refractivity (Wildman–Crippen MR) is 70.5 cm³/mol. The molecule has 0 aromatic heterocycles. The Kier molecular flexibility index (Phi) is 6.86. The van der Waals surface area contributed by atoms with Gasteiger partial charge in [0, 0.05) is 12.6 Å². The van der Waals surface area contributed by atoms with Gasteiger partial charge in [0.2, 0.25) is 0 Å². The van der Waals surface area contributed by atoms with E-state index in [4.69, 9.17) is 5.73 Å². The van der Waals surface area contributed by atoms with Crippen molar-refractivity contribution in [2.24, 2.45) is 5.73 Å². The molecule has 0 heterocycles. The monoisotopic (exact) mass is 220 g/mol. The van der Waals surface area contributed by atoms with Crippen LogP contribution in [0.4, 0.5) is 0 Å². The van der Waals surface area contributed by atoms with Gasteiger partial charge in [-0.3, -0.25) is 0 Å². The third-order valence-corrected chi connectivity index (χ3v) is 2.81. The molecule has 0 saturated heterocycles. The molecule has 90 valence electrons. The van der Waals surface area contributed by atoms with Crippen molar-refractivity contribution >= 4 is 0 Å². The van der Waals surface area contributed by atoms with Gasteiger partial charge in [-0.05, 0) is 19.0 Å². The van der Waals surface area contributed by atoms with Crippen LogP contribution in [0.3, 0.4) is 0 Å². The molecule has 1 aromatic carbocycles. The zero-order chi connectivity index (χ0) is 11.6. The third-order valence-electron chi connectivity index (χ3n) is 2.81. The summed E-state index contributed by atoms with van der Waals surface area (Å²) in [5.74, 6) is 0. The fourth-order valence-electron chi connectivity index (χ4n) is 1.50. The topological polar surface area (TPSA) is 38.0 Å². The first-order valence-corrected chi connectivity index (χ1v) is 6.27. The van der Waals surface area contributed by atoms with Crippen molar-refractivity contribution in [1.29, 1.82) is 0 Å². The highest BCUT2D eigenvalue weighted by atomic mass is 14.9. The number of benzene rings is 1. The average Bonchev–Trinajstić information content (AvgIpc) is 2.16. The van der Waals surface area contributed by atoms with Gasteiger partial charge in [0.05, 0.1) is 0 Å². The Morgan fingerprint density at radius 3 is 2.12 bits per heavy atom. The van der Waals surface area contributed by atoms with E-state index in [0.29, 0.717) is 0 Å². The fourth-order valence-corrected chi connectivity index (χ4v) is 1.50. The van der Waals surface area contributed by atoms with Crippen LogP contribution in [0.1, 0.15) is 31.2 Å². The van der Waals surface area contributed by atoms with Crippen LogP contribution in [0.15, 0.2) is 30.3 Å². The van der Waals surface area contributed by atoms with Gasteiger partial charge in [0.15, 0.2) is 0 Å². The molecule has 2 rings (SSSR count). The quantitative estimate of drug-likeness (QED) is 0.817. The molecule has 0 radical (unpaired) electrons. The fraction of sp³-hybridized carbons (Fsp3) is 0.571. The van der Waals surface area contributed by atoms with E-state index < -0.39 is 0 Å². The van der Waals surface area contributed by atoms with Crippen LogP contribution < -0.4 is 11.1 Å². The highest BCUT2D eigenvalue weighted by Crippen LogP contribution is 2.15. The van der Waals surface area contributed by atoms with E-state index in [1.165, 1.54) is 31.2 Å². The average molecular weight is 220 g/mol. The summed E-state index contributed by atoms with van der Waals surface area (Å²) in [5.41, 5.74) is 7.16. The molecular formula is C14H24N2. The van der Waals surface area contributed by atoms with Gasteiger partial charge in [0.1, 0.15) is 0 Å². The van der Waals surface area contributed by atoms with Gasteiger partial charge in [-0.25, -0.2) is 0 Å². The molecule has 1 saturated carbocycles. The van der Waals surface area contributed by atoms with E-state index in [-0.39, 0.29) is 6.04 Å². The van der Waals surface area contributed by atoms with Crippen LogP contribution in [-0.2, 0) is 6.42 Å². The van der Waals surface area contributed by atoms with Crippen LogP contribution in [0, 0.1) is 0 Å². The molecule has 16 heavy (non-hydrogen) atoms. The van der Waals surface area contributed by atoms with Gasteiger partial charge >= 0.3 is 0 Å². The molecule has 3 N–H and O–H groups in total. The predicted octanol–water partition coefficient (Wildman–Crippen LogP) is 2.34. The molecule has 2 heteroatoms. The van der Waals surface area contributed by atoms with Crippen LogP contribution in [0.2, 0.25) is 0 Å². The number of nitrogens with one attached hydrogen (secondary N) is 1. The van der Waals surface area contributed by atoms with Crippen molar-refractivity contribution in [3.63, 3.8) is 0 Å². The molecule has 0 aliphatic heterocycles. The second-order valence-corrected chi connectivity index (χ2v) is 4.42. The maximum absolute atomic E-state index is 5.85. The van der Waals surface area contributed by atoms with Gasteiger partial charge in [-0.15, -0.1) is 0 Å². The van der Waals surface area contributed by atoms with Crippen molar-refractivity contribution in [3.05, 3.63) is 35.9 Å². The summed E-state index contributed by atoms with van der Waals surface area (Å²) in [6.45, 7) is 0.870. The maximum atomic E-state index is 5.85. The Hall–Kier alpha value is -0.860. The van der Waals surface area contributed by atoms with Gasteiger partial charge in [-0.2, -0.15) is 0 Å². The molecule has 1 unspecified atom stereocenters. The normalized spacial score (nSPS) is 15.6. The van der Waals surface area contributed by atoms with E-state index in [1.807, 2.05) is 25.2 Å². The molecule has 1 fully saturated rings. The minimum atomic E-state index is 0.220. The lowest BCUT2D eigenvalue weighted by Gasteiger charge is -2.09. The molecule has 1 aliphatic rings. The highest BCUT2D eigenvalue weighted by molar-refractivity contribution is 5.15. The number of nitrogens with two attached hydrogens (primary N) is 1. The lowest BCUT2D eigenvalue weighted by atomic mass is 10.0. The van der Waals surface area contributed by atoms with Crippen LogP contribution >= 0.6 is 0 Å². The molecule has 1 atom stereocenters. The minimum absolute atomic E-state index is 0.220. The molecule has 1 aliphatic carbocycles. The van der Waals surface area contributed by atoms with Gasteiger partial charge in [0.25, 0.3) is 0 Å². The van der Waals surface area contributed by atoms with Crippen LogP contribution in [0.25, 0.3) is 0 Å². The smallest absolute Gasteiger partial charge is 0.0206 e. The summed E-state index contributed by atoms with van der Waals surface area (Å²) in [6.07, 6.45) is 6.95.